The summed E-state index contributed by atoms with van der Waals surface area (Å²) in [6, 6.07) is 55.1. The van der Waals surface area contributed by atoms with E-state index in [1.54, 1.807) is 12.4 Å². The fourth-order valence-electron chi connectivity index (χ4n) is 6.33. The van der Waals surface area contributed by atoms with Crippen molar-refractivity contribution in [1.82, 2.24) is 9.97 Å². The minimum Gasteiger partial charge on any atom is -0.545 e. The van der Waals surface area contributed by atoms with Crippen molar-refractivity contribution in [3.63, 3.8) is 0 Å². The maximum atomic E-state index is 11.1. The Morgan fingerprint density at radius 3 is 1.18 bits per heavy atom. The Balaban J connectivity index is 0.000000292. The molecule has 286 valence electrons. The molecule has 0 amide bonds. The van der Waals surface area contributed by atoms with Gasteiger partial charge in [-0.05, 0) is 43.2 Å². The van der Waals surface area contributed by atoms with Gasteiger partial charge in [0.2, 0.25) is 0 Å². The summed E-state index contributed by atoms with van der Waals surface area (Å²) in [4.78, 5) is 19.5. The van der Waals surface area contributed by atoms with E-state index in [1.807, 2.05) is 49.4 Å². The molecule has 1 aliphatic carbocycles. The number of carbonyl (C=O) groups is 1. The standard InChI is InChI=1S/C24H20B.C10H8N2.C10H12O.2CH2Cl2.Pd/c1-5-13-21(14-6-1)25(22-15-7-2-8-16-22,23-17-9-3-10-18-23)24-19-11-4-12-20-24;1-3-7-11-9(5-1)10-6-2-4-8-12-10;1-7(2)9-5-4-8(3)10(11)6-9;2*2-1-3;/h1-20H;1-8H;1,4,9H,2,5-6H2,3H3;2*1H2;/q-1;;-2;;;+2. The Labute approximate surface area is 361 Å². The van der Waals surface area contributed by atoms with Gasteiger partial charge in [-0.25, -0.2) is 0 Å². The summed E-state index contributed by atoms with van der Waals surface area (Å²) >= 11 is 19.1. The zero-order valence-corrected chi connectivity index (χ0v) is 35.2. The van der Waals surface area contributed by atoms with E-state index in [4.69, 9.17) is 53.0 Å². The van der Waals surface area contributed by atoms with Gasteiger partial charge in [0.15, 0.2) is 5.78 Å². The second kappa shape index (κ2) is 26.8. The van der Waals surface area contributed by atoms with Crippen molar-refractivity contribution in [3.05, 3.63) is 201 Å². The average molecular weight is 900 g/mol. The summed E-state index contributed by atoms with van der Waals surface area (Å²) in [6.45, 7) is 11.0. The van der Waals surface area contributed by atoms with Crippen molar-refractivity contribution in [2.24, 2.45) is 5.92 Å². The Morgan fingerprint density at radius 2 is 0.927 bits per heavy atom. The van der Waals surface area contributed by atoms with Crippen molar-refractivity contribution in [1.29, 1.82) is 0 Å². The van der Waals surface area contributed by atoms with Gasteiger partial charge in [0.05, 0.1) is 22.1 Å². The Hall–Kier alpha value is -3.91. The first-order chi connectivity index (χ1) is 26.3. The molecule has 0 N–H and O–H groups in total. The number of carbonyl (C=O) groups excluding carboxylic acids is 1. The number of Topliss-reactive ketones (excluding diaryl/α,β-unsaturated/α-hetero) is 1. The Morgan fingerprint density at radius 1 is 0.618 bits per heavy atom. The second-order valence-electron chi connectivity index (χ2n) is 12.2. The molecule has 7 rings (SSSR count). The molecular weight excluding hydrogens is 856 g/mol. The normalized spacial score (nSPS) is 12.8. The summed E-state index contributed by atoms with van der Waals surface area (Å²) in [5.74, 6) is 0.374. The monoisotopic (exact) mass is 897 g/mol. The van der Waals surface area contributed by atoms with Crippen molar-refractivity contribution in [3.8, 4) is 11.4 Å². The minimum absolute atomic E-state index is 0. The predicted octanol–water partition coefficient (Wildman–Crippen LogP) is 10.2. The van der Waals surface area contributed by atoms with Crippen LogP contribution in [0.5, 0.6) is 0 Å². The van der Waals surface area contributed by atoms with Gasteiger partial charge >= 0.3 is 20.4 Å². The Kier molecular flexibility index (Phi) is 23.0. The fourth-order valence-corrected chi connectivity index (χ4v) is 6.33. The van der Waals surface area contributed by atoms with Crippen LogP contribution in [0, 0.1) is 19.4 Å². The summed E-state index contributed by atoms with van der Waals surface area (Å²) in [7, 11) is 0. The van der Waals surface area contributed by atoms with Gasteiger partial charge in [-0.2, -0.15) is 21.9 Å². The number of nitrogens with zero attached hydrogens (tertiary/aromatic N) is 2. The van der Waals surface area contributed by atoms with E-state index < -0.39 is 6.15 Å². The molecule has 1 aliphatic rings. The minimum atomic E-state index is -1.22. The zero-order valence-electron chi connectivity index (χ0n) is 30.6. The number of ketones is 1. The summed E-state index contributed by atoms with van der Waals surface area (Å²) in [5, 5.41) is 0.389. The van der Waals surface area contributed by atoms with Crippen LogP contribution in [0.3, 0.4) is 0 Å². The van der Waals surface area contributed by atoms with Gasteiger partial charge in [-0.1, -0.05) is 145 Å². The van der Waals surface area contributed by atoms with Crippen molar-refractivity contribution in [2.45, 2.75) is 19.8 Å². The number of hydrogen-bond donors (Lipinski definition) is 0. The van der Waals surface area contributed by atoms with Crippen LogP contribution >= 0.6 is 46.4 Å². The average Bonchev–Trinajstić information content (AvgIpc) is 3.23. The Bertz CT molecular complexity index is 1750. The molecule has 2 heterocycles. The molecule has 3 nitrogen and oxygen atoms in total. The number of alkyl halides is 4. The van der Waals surface area contributed by atoms with E-state index in [9.17, 15) is 4.79 Å². The number of allylic oxidation sites excluding steroid dienone is 3. The van der Waals surface area contributed by atoms with E-state index in [1.165, 1.54) is 21.9 Å². The molecule has 9 heteroatoms. The van der Waals surface area contributed by atoms with Crippen LogP contribution in [0.4, 0.5) is 0 Å². The maximum absolute atomic E-state index is 11.1. The van der Waals surface area contributed by atoms with Crippen LogP contribution in [-0.4, -0.2) is 32.6 Å². The van der Waals surface area contributed by atoms with Gasteiger partial charge in [-0.15, -0.1) is 46.4 Å². The number of rotatable bonds is 6. The molecular formula is C46H44BCl4N2OPd-. The van der Waals surface area contributed by atoms with Gasteiger partial charge in [-0.3, -0.25) is 14.8 Å². The number of aromatic nitrogens is 2. The van der Waals surface area contributed by atoms with E-state index in [0.29, 0.717) is 12.0 Å². The first-order valence-corrected chi connectivity index (χ1v) is 19.5. The molecule has 1 atom stereocenters. The zero-order chi connectivity index (χ0) is 39.0. The van der Waals surface area contributed by atoms with Crippen LogP contribution < -0.4 is 21.9 Å². The smallest absolute Gasteiger partial charge is 0.545 e. The molecule has 0 aliphatic heterocycles. The molecule has 0 saturated heterocycles. The number of halogens is 4. The van der Waals surface area contributed by atoms with Crippen LogP contribution in [0.15, 0.2) is 187 Å². The third-order valence-electron chi connectivity index (χ3n) is 8.90. The van der Waals surface area contributed by atoms with Gasteiger partial charge < -0.3 is 19.1 Å². The summed E-state index contributed by atoms with van der Waals surface area (Å²) < 4.78 is 0. The van der Waals surface area contributed by atoms with Crippen molar-refractivity contribution in [2.75, 3.05) is 10.7 Å². The van der Waals surface area contributed by atoms with E-state index in [0.717, 1.165) is 23.4 Å². The fraction of sp³-hybridized carbons (Fsp3) is 0.130. The summed E-state index contributed by atoms with van der Waals surface area (Å²) in [6.07, 6.45) is 5.67. The van der Waals surface area contributed by atoms with Gasteiger partial charge in [0.25, 0.3) is 0 Å². The molecule has 0 spiro atoms. The van der Waals surface area contributed by atoms with Crippen LogP contribution in [-0.2, 0) is 25.2 Å². The van der Waals surface area contributed by atoms with Crippen molar-refractivity contribution >= 4 is 80.2 Å². The first kappa shape index (κ1) is 47.2. The van der Waals surface area contributed by atoms with Crippen LogP contribution in [0.2, 0.25) is 0 Å². The second-order valence-corrected chi connectivity index (χ2v) is 13.8. The number of hydrogen-bond acceptors (Lipinski definition) is 3. The molecule has 0 saturated carbocycles. The first-order valence-electron chi connectivity index (χ1n) is 17.4. The molecule has 4 aromatic carbocycles. The van der Waals surface area contributed by atoms with Crippen LogP contribution in [0.1, 0.15) is 19.8 Å². The van der Waals surface area contributed by atoms with E-state index >= 15 is 0 Å². The molecule has 0 radical (unpaired) electrons. The quantitative estimate of drug-likeness (QED) is 0.0951. The van der Waals surface area contributed by atoms with Crippen molar-refractivity contribution < 1.29 is 25.2 Å². The predicted molar refractivity (Wildman–Crippen MR) is 235 cm³/mol. The molecule has 2 aromatic heterocycles. The van der Waals surface area contributed by atoms with Crippen LogP contribution in [0.25, 0.3) is 11.4 Å². The third-order valence-corrected chi connectivity index (χ3v) is 8.90. The molecule has 55 heavy (non-hydrogen) atoms. The number of benzene rings is 4. The van der Waals surface area contributed by atoms with E-state index in [2.05, 4.69) is 138 Å². The largest absolute Gasteiger partial charge is 2.00 e. The summed E-state index contributed by atoms with van der Waals surface area (Å²) in [5.41, 5.74) is 8.68. The van der Waals surface area contributed by atoms with E-state index in [-0.39, 0.29) is 42.8 Å². The SMILES string of the molecule is ClCCl.ClCCl.[CH-]=C([CH2-])C1CC=C(C)C(=O)C1.[Pd+2].c1ccc(-c2ccccn2)nc1.c1ccc([B-](c2ccccc2)(c2ccccc2)c2ccccc2)cc1. The third kappa shape index (κ3) is 14.6. The van der Waals surface area contributed by atoms with Gasteiger partial charge in [0.1, 0.15) is 6.15 Å². The van der Waals surface area contributed by atoms with Gasteiger partial charge in [0, 0.05) is 18.8 Å². The molecule has 0 fully saturated rings. The maximum Gasteiger partial charge on any atom is 2.00 e. The topological polar surface area (TPSA) is 42.9 Å². The molecule has 1 unspecified atom stereocenters. The number of pyridine rings is 2. The molecule has 0 bridgehead atoms. The molecule has 6 aromatic rings.